The molecule has 2 unspecified atom stereocenters. The number of likely N-dealkylation sites (N-methyl/N-ethyl adjacent to an activating group) is 1. The summed E-state index contributed by atoms with van der Waals surface area (Å²) in [7, 11) is 0. The molecule has 0 amide bonds. The maximum atomic E-state index is 3.50. The van der Waals surface area contributed by atoms with Crippen molar-refractivity contribution < 1.29 is 0 Å². The molecule has 1 fully saturated rings. The second kappa shape index (κ2) is 7.53. The highest BCUT2D eigenvalue weighted by Gasteiger charge is 2.22. The molecule has 1 rings (SSSR count). The predicted molar refractivity (Wildman–Crippen MR) is 70.7 cm³/mol. The molecule has 1 aliphatic rings. The van der Waals surface area contributed by atoms with Crippen LogP contribution in [-0.4, -0.2) is 48.1 Å². The Labute approximate surface area is 99.2 Å². The Hall–Kier alpha value is 0.270. The van der Waals surface area contributed by atoms with Crippen molar-refractivity contribution in [2.45, 2.75) is 44.9 Å². The Kier molecular flexibility index (Phi) is 6.69. The summed E-state index contributed by atoms with van der Waals surface area (Å²) in [5, 5.41) is 4.32. The van der Waals surface area contributed by atoms with Gasteiger partial charge in [0.15, 0.2) is 0 Å². The van der Waals surface area contributed by atoms with Crippen LogP contribution >= 0.6 is 11.8 Å². The van der Waals surface area contributed by atoms with Crippen LogP contribution in [0.25, 0.3) is 0 Å². The van der Waals surface area contributed by atoms with Gasteiger partial charge in [-0.2, -0.15) is 11.8 Å². The molecule has 90 valence electrons. The third-order valence-corrected chi connectivity index (χ3v) is 4.18. The normalized spacial score (nSPS) is 25.4. The van der Waals surface area contributed by atoms with Crippen molar-refractivity contribution in [3.8, 4) is 0 Å². The highest BCUT2D eigenvalue weighted by Crippen LogP contribution is 2.20. The van der Waals surface area contributed by atoms with Gasteiger partial charge in [-0.3, -0.25) is 4.90 Å². The van der Waals surface area contributed by atoms with Gasteiger partial charge in [0.05, 0.1) is 0 Å². The zero-order valence-corrected chi connectivity index (χ0v) is 11.3. The number of nitrogens with zero attached hydrogens (tertiary/aromatic N) is 1. The highest BCUT2D eigenvalue weighted by atomic mass is 32.2. The van der Waals surface area contributed by atoms with Crippen LogP contribution < -0.4 is 5.32 Å². The maximum Gasteiger partial charge on any atom is 0.0221 e. The van der Waals surface area contributed by atoms with Crippen molar-refractivity contribution >= 4 is 11.8 Å². The number of rotatable bonds is 6. The molecule has 0 radical (unpaired) electrons. The van der Waals surface area contributed by atoms with Gasteiger partial charge in [0.2, 0.25) is 0 Å². The Morgan fingerprint density at radius 1 is 1.47 bits per heavy atom. The molecule has 1 saturated heterocycles. The lowest BCUT2D eigenvalue weighted by Gasteiger charge is -2.37. The molecule has 0 aromatic carbocycles. The molecular weight excluding hydrogens is 204 g/mol. The first-order valence-electron chi connectivity index (χ1n) is 6.34. The fourth-order valence-corrected chi connectivity index (χ4v) is 3.27. The van der Waals surface area contributed by atoms with Crippen molar-refractivity contribution in [1.82, 2.24) is 10.2 Å². The first-order chi connectivity index (χ1) is 7.27. The zero-order valence-electron chi connectivity index (χ0n) is 10.5. The molecule has 15 heavy (non-hydrogen) atoms. The first kappa shape index (κ1) is 13.3. The van der Waals surface area contributed by atoms with E-state index in [1.807, 2.05) is 0 Å². The molecule has 0 aromatic rings. The van der Waals surface area contributed by atoms with Crippen LogP contribution in [0, 0.1) is 0 Å². The summed E-state index contributed by atoms with van der Waals surface area (Å²) < 4.78 is 0. The smallest absolute Gasteiger partial charge is 0.0221 e. The van der Waals surface area contributed by atoms with Crippen molar-refractivity contribution in [3.63, 3.8) is 0 Å². The van der Waals surface area contributed by atoms with Gasteiger partial charge in [-0.15, -0.1) is 0 Å². The fraction of sp³-hybridized carbons (Fsp3) is 1.00. The fourth-order valence-electron chi connectivity index (χ4n) is 2.23. The van der Waals surface area contributed by atoms with E-state index in [4.69, 9.17) is 0 Å². The quantitative estimate of drug-likeness (QED) is 0.753. The summed E-state index contributed by atoms with van der Waals surface area (Å²) in [5.41, 5.74) is 0. The minimum Gasteiger partial charge on any atom is -0.315 e. The summed E-state index contributed by atoms with van der Waals surface area (Å²) in [4.78, 5) is 2.69. The number of nitrogens with one attached hydrogen (secondary N) is 1. The van der Waals surface area contributed by atoms with E-state index in [-0.39, 0.29) is 0 Å². The summed E-state index contributed by atoms with van der Waals surface area (Å²) in [6.07, 6.45) is 2.64. The number of hydrogen-bond acceptors (Lipinski definition) is 3. The third kappa shape index (κ3) is 4.75. The van der Waals surface area contributed by atoms with Gasteiger partial charge in [-0.05, 0) is 13.0 Å². The van der Waals surface area contributed by atoms with Gasteiger partial charge in [-0.25, -0.2) is 0 Å². The van der Waals surface area contributed by atoms with Gasteiger partial charge in [-0.1, -0.05) is 27.2 Å². The molecule has 0 aromatic heterocycles. The molecule has 0 saturated carbocycles. The molecule has 0 spiro atoms. The summed E-state index contributed by atoms with van der Waals surface area (Å²) in [6, 6.07) is 0.762. The molecule has 0 bridgehead atoms. The van der Waals surface area contributed by atoms with Gasteiger partial charge >= 0.3 is 0 Å². The molecule has 0 aliphatic carbocycles. The lowest BCUT2D eigenvalue weighted by molar-refractivity contribution is 0.190. The molecule has 1 heterocycles. The van der Waals surface area contributed by atoms with Crippen LogP contribution in [0.3, 0.4) is 0 Å². The van der Waals surface area contributed by atoms with E-state index < -0.39 is 0 Å². The molecule has 1 aliphatic heterocycles. The molecule has 2 atom stereocenters. The van der Waals surface area contributed by atoms with E-state index in [1.165, 1.54) is 38.2 Å². The Balaban J connectivity index is 2.38. The summed E-state index contributed by atoms with van der Waals surface area (Å²) in [5.74, 6) is 1.31. The second-order valence-electron chi connectivity index (χ2n) is 4.43. The van der Waals surface area contributed by atoms with Gasteiger partial charge < -0.3 is 5.32 Å². The van der Waals surface area contributed by atoms with Crippen LogP contribution in [0.5, 0.6) is 0 Å². The average Bonchev–Trinajstić information content (AvgIpc) is 2.24. The van der Waals surface area contributed by atoms with E-state index in [9.17, 15) is 0 Å². The minimum atomic E-state index is 0.762. The highest BCUT2D eigenvalue weighted by molar-refractivity contribution is 7.99. The van der Waals surface area contributed by atoms with Crippen LogP contribution in [0.1, 0.15) is 33.6 Å². The second-order valence-corrected chi connectivity index (χ2v) is 5.97. The Morgan fingerprint density at radius 2 is 2.27 bits per heavy atom. The Morgan fingerprint density at radius 3 is 2.87 bits per heavy atom. The molecule has 3 heteroatoms. The lowest BCUT2D eigenvalue weighted by atomic mass is 10.1. The monoisotopic (exact) mass is 230 g/mol. The van der Waals surface area contributed by atoms with Crippen molar-refractivity contribution in [2.24, 2.45) is 0 Å². The first-order valence-corrected chi connectivity index (χ1v) is 7.39. The van der Waals surface area contributed by atoms with Crippen LogP contribution in [0.4, 0.5) is 0 Å². The summed E-state index contributed by atoms with van der Waals surface area (Å²) in [6.45, 7) is 11.7. The van der Waals surface area contributed by atoms with Crippen LogP contribution in [-0.2, 0) is 0 Å². The van der Waals surface area contributed by atoms with Crippen LogP contribution in [0.15, 0.2) is 0 Å². The third-order valence-electron chi connectivity index (χ3n) is 3.04. The van der Waals surface area contributed by atoms with Crippen molar-refractivity contribution in [2.75, 3.05) is 31.9 Å². The topological polar surface area (TPSA) is 15.3 Å². The van der Waals surface area contributed by atoms with E-state index in [0.717, 1.165) is 17.8 Å². The molecular formula is C12H26N2S. The van der Waals surface area contributed by atoms with Gasteiger partial charge in [0.1, 0.15) is 0 Å². The van der Waals surface area contributed by atoms with Crippen molar-refractivity contribution in [1.29, 1.82) is 0 Å². The van der Waals surface area contributed by atoms with E-state index >= 15 is 0 Å². The largest absolute Gasteiger partial charge is 0.315 e. The maximum absolute atomic E-state index is 3.50. The van der Waals surface area contributed by atoms with E-state index in [0.29, 0.717) is 0 Å². The van der Waals surface area contributed by atoms with E-state index in [1.54, 1.807) is 0 Å². The van der Waals surface area contributed by atoms with Crippen LogP contribution in [0.2, 0.25) is 0 Å². The van der Waals surface area contributed by atoms with Gasteiger partial charge in [0.25, 0.3) is 0 Å². The van der Waals surface area contributed by atoms with E-state index in [2.05, 4.69) is 42.7 Å². The number of hydrogen-bond donors (Lipinski definition) is 1. The minimum absolute atomic E-state index is 0.762. The van der Waals surface area contributed by atoms with Gasteiger partial charge in [0, 0.05) is 36.7 Å². The zero-order chi connectivity index (χ0) is 11.1. The number of thioether (sulfide) groups is 1. The average molecular weight is 230 g/mol. The Bertz CT molecular complexity index is 164. The van der Waals surface area contributed by atoms with Crippen molar-refractivity contribution in [3.05, 3.63) is 0 Å². The molecule has 2 nitrogen and oxygen atoms in total. The molecule has 1 N–H and O–H groups in total. The lowest BCUT2D eigenvalue weighted by Crippen LogP contribution is -2.48. The summed E-state index contributed by atoms with van der Waals surface area (Å²) >= 11 is 2.12. The SMILES string of the molecule is CCCC(CNCC)N1CCSC(C)C1. The standard InChI is InChI=1S/C12H26N2S/c1-4-6-12(9-13-5-2)14-7-8-15-11(3)10-14/h11-13H,4-10H2,1-3H3. The predicted octanol–water partition coefficient (Wildman–Crippen LogP) is 2.20.